The number of fused-ring (bicyclic) bond motifs is 1. The Morgan fingerprint density at radius 3 is 2.61 bits per heavy atom. The van der Waals surface area contributed by atoms with Gasteiger partial charge in [-0.3, -0.25) is 4.79 Å². The number of aromatic nitrogens is 4. The number of ether oxygens (including phenoxy) is 1. The Kier molecular flexibility index (Phi) is 5.82. The molecule has 0 bridgehead atoms. The summed E-state index contributed by atoms with van der Waals surface area (Å²) in [7, 11) is 1.63. The number of methoxy groups -OCH3 is 1. The van der Waals surface area contributed by atoms with Crippen LogP contribution in [0, 0.1) is 0 Å². The third-order valence-corrected chi connectivity index (χ3v) is 7.24. The number of para-hydroxylation sites is 1. The molecule has 0 N–H and O–H groups in total. The first-order valence-corrected chi connectivity index (χ1v) is 12.6. The van der Waals surface area contributed by atoms with Gasteiger partial charge in [0.1, 0.15) is 28.4 Å². The number of hydrogen-bond donors (Lipinski definition) is 0. The molecule has 0 spiro atoms. The zero-order valence-electron chi connectivity index (χ0n) is 19.7. The number of amides is 1. The Labute approximate surface area is 212 Å². The highest BCUT2D eigenvalue weighted by Crippen LogP contribution is 2.30. The van der Waals surface area contributed by atoms with Crippen LogP contribution in [0.25, 0.3) is 27.2 Å². The van der Waals surface area contributed by atoms with E-state index in [0.29, 0.717) is 37.4 Å². The molecule has 2 aromatic carbocycles. The minimum absolute atomic E-state index is 0.0296. The van der Waals surface area contributed by atoms with E-state index < -0.39 is 0 Å². The first-order valence-electron chi connectivity index (χ1n) is 11.7. The van der Waals surface area contributed by atoms with Gasteiger partial charge in [-0.15, -0.1) is 11.3 Å². The van der Waals surface area contributed by atoms with Crippen molar-refractivity contribution in [2.45, 2.75) is 0 Å². The number of hydrogen-bond acceptors (Lipinski definition) is 7. The number of nitrogens with zero attached hydrogens (tertiary/aromatic N) is 6. The van der Waals surface area contributed by atoms with Crippen LogP contribution in [-0.2, 0) is 0 Å². The molecule has 1 aliphatic rings. The molecule has 1 amide bonds. The summed E-state index contributed by atoms with van der Waals surface area (Å²) in [4.78, 5) is 27.8. The van der Waals surface area contributed by atoms with Crippen LogP contribution in [0.1, 0.15) is 10.4 Å². The molecule has 0 atom stereocenters. The van der Waals surface area contributed by atoms with Crippen LogP contribution in [-0.4, -0.2) is 63.8 Å². The van der Waals surface area contributed by atoms with Crippen molar-refractivity contribution in [3.05, 3.63) is 84.1 Å². The lowest BCUT2D eigenvalue weighted by Crippen LogP contribution is -2.49. The Morgan fingerprint density at radius 1 is 0.972 bits per heavy atom. The van der Waals surface area contributed by atoms with Gasteiger partial charge >= 0.3 is 0 Å². The molecule has 0 unspecified atom stereocenters. The first kappa shape index (κ1) is 22.2. The Balaban J connectivity index is 1.29. The lowest BCUT2D eigenvalue weighted by atomic mass is 10.1. The lowest BCUT2D eigenvalue weighted by molar-refractivity contribution is 0.0747. The predicted molar refractivity (Wildman–Crippen MR) is 141 cm³/mol. The summed E-state index contributed by atoms with van der Waals surface area (Å²) in [6.07, 6.45) is 3.45. The van der Waals surface area contributed by atoms with Gasteiger partial charge in [-0.2, -0.15) is 5.10 Å². The van der Waals surface area contributed by atoms with E-state index in [-0.39, 0.29) is 5.91 Å². The average Bonchev–Trinajstić information content (AvgIpc) is 3.61. The fourth-order valence-corrected chi connectivity index (χ4v) is 5.27. The Bertz CT molecular complexity index is 1520. The number of benzene rings is 2. The summed E-state index contributed by atoms with van der Waals surface area (Å²) < 4.78 is 7.19. The van der Waals surface area contributed by atoms with E-state index in [1.165, 1.54) is 0 Å². The topological polar surface area (TPSA) is 76.4 Å². The summed E-state index contributed by atoms with van der Waals surface area (Å²) in [6.45, 7) is 2.61. The molecule has 0 aliphatic carbocycles. The highest BCUT2D eigenvalue weighted by atomic mass is 32.1. The second-order valence-electron chi connectivity index (χ2n) is 8.52. The number of piperazine rings is 1. The van der Waals surface area contributed by atoms with Crippen molar-refractivity contribution < 1.29 is 9.53 Å². The number of carbonyl (C=O) groups is 1. The van der Waals surface area contributed by atoms with Crippen LogP contribution in [0.3, 0.4) is 0 Å². The van der Waals surface area contributed by atoms with Gasteiger partial charge in [-0.25, -0.2) is 14.6 Å². The third kappa shape index (κ3) is 4.07. The Hall–Kier alpha value is -4.24. The van der Waals surface area contributed by atoms with Crippen molar-refractivity contribution in [3.63, 3.8) is 0 Å². The molecule has 3 aromatic heterocycles. The van der Waals surface area contributed by atoms with Gasteiger partial charge in [0.15, 0.2) is 0 Å². The summed E-state index contributed by atoms with van der Waals surface area (Å²) in [5, 5.41) is 7.92. The minimum Gasteiger partial charge on any atom is -0.497 e. The van der Waals surface area contributed by atoms with Crippen molar-refractivity contribution in [1.29, 1.82) is 0 Å². The van der Waals surface area contributed by atoms with Gasteiger partial charge in [-0.05, 0) is 35.7 Å². The van der Waals surface area contributed by atoms with Crippen LogP contribution in [0.4, 0.5) is 5.82 Å². The molecular formula is C27H24N6O2S. The van der Waals surface area contributed by atoms with E-state index in [1.54, 1.807) is 29.5 Å². The van der Waals surface area contributed by atoms with E-state index in [4.69, 9.17) is 9.84 Å². The molecule has 1 saturated heterocycles. The molecule has 180 valence electrons. The van der Waals surface area contributed by atoms with E-state index in [0.717, 1.165) is 33.0 Å². The molecule has 8 nitrogen and oxygen atoms in total. The van der Waals surface area contributed by atoms with Crippen LogP contribution in [0.15, 0.2) is 78.6 Å². The second-order valence-corrected chi connectivity index (χ2v) is 9.41. The molecule has 5 aromatic rings. The summed E-state index contributed by atoms with van der Waals surface area (Å²) in [6, 6.07) is 19.6. The van der Waals surface area contributed by atoms with Crippen LogP contribution < -0.4 is 9.64 Å². The predicted octanol–water partition coefficient (Wildman–Crippen LogP) is 4.52. The van der Waals surface area contributed by atoms with Crippen molar-refractivity contribution >= 4 is 33.3 Å². The standard InChI is InChI=1S/C27H24N6O2S/c1-35-21-9-5-6-19(16-21)24-23(17-33(30-24)20-7-3-2-4-8-20)27(34)32-13-11-31(12-14-32)25-22-10-15-36-26(22)29-18-28-25/h2-10,15-18H,11-14H2,1H3. The molecule has 4 heterocycles. The SMILES string of the molecule is COc1cccc(-c2nn(-c3ccccc3)cc2C(=O)N2CCN(c3ncnc4sccc34)CC2)c1. The number of rotatable bonds is 5. The van der Waals surface area contributed by atoms with Gasteiger partial charge < -0.3 is 14.5 Å². The van der Waals surface area contributed by atoms with Gasteiger partial charge in [0.25, 0.3) is 5.91 Å². The largest absolute Gasteiger partial charge is 0.497 e. The van der Waals surface area contributed by atoms with Crippen molar-refractivity contribution in [2.24, 2.45) is 0 Å². The smallest absolute Gasteiger partial charge is 0.257 e. The van der Waals surface area contributed by atoms with Crippen LogP contribution in [0.2, 0.25) is 0 Å². The molecule has 6 rings (SSSR count). The van der Waals surface area contributed by atoms with Crippen LogP contribution in [0.5, 0.6) is 5.75 Å². The molecule has 1 aliphatic heterocycles. The van der Waals surface area contributed by atoms with E-state index in [2.05, 4.69) is 20.9 Å². The maximum Gasteiger partial charge on any atom is 0.257 e. The van der Waals surface area contributed by atoms with Gasteiger partial charge in [0.2, 0.25) is 0 Å². The van der Waals surface area contributed by atoms with E-state index in [9.17, 15) is 4.79 Å². The lowest BCUT2D eigenvalue weighted by Gasteiger charge is -2.35. The highest BCUT2D eigenvalue weighted by Gasteiger charge is 2.28. The van der Waals surface area contributed by atoms with Crippen molar-refractivity contribution in [3.8, 4) is 22.7 Å². The maximum atomic E-state index is 13.8. The van der Waals surface area contributed by atoms with E-state index >= 15 is 0 Å². The van der Waals surface area contributed by atoms with Crippen LogP contribution >= 0.6 is 11.3 Å². The first-order chi connectivity index (χ1) is 17.7. The monoisotopic (exact) mass is 496 g/mol. The average molecular weight is 497 g/mol. The number of carbonyl (C=O) groups excluding carboxylic acids is 1. The number of anilines is 1. The van der Waals surface area contributed by atoms with E-state index in [1.807, 2.05) is 71.1 Å². The fourth-order valence-electron chi connectivity index (χ4n) is 4.55. The third-order valence-electron chi connectivity index (χ3n) is 6.42. The molecule has 1 fully saturated rings. The zero-order chi connectivity index (χ0) is 24.5. The Morgan fingerprint density at radius 2 is 1.81 bits per heavy atom. The molecule has 0 saturated carbocycles. The second kappa shape index (κ2) is 9.43. The summed E-state index contributed by atoms with van der Waals surface area (Å²) >= 11 is 1.61. The normalized spacial score (nSPS) is 13.8. The number of thiophene rings is 1. The summed E-state index contributed by atoms with van der Waals surface area (Å²) in [5.74, 6) is 1.62. The molecule has 0 radical (unpaired) electrons. The highest BCUT2D eigenvalue weighted by molar-refractivity contribution is 7.16. The molecular weight excluding hydrogens is 472 g/mol. The van der Waals surface area contributed by atoms with Gasteiger partial charge in [0.05, 0.1) is 23.7 Å². The zero-order valence-corrected chi connectivity index (χ0v) is 20.6. The van der Waals surface area contributed by atoms with Gasteiger partial charge in [0, 0.05) is 37.9 Å². The molecule has 36 heavy (non-hydrogen) atoms. The van der Waals surface area contributed by atoms with Crippen molar-refractivity contribution in [1.82, 2.24) is 24.6 Å². The quantitative estimate of drug-likeness (QED) is 0.356. The maximum absolute atomic E-state index is 13.8. The summed E-state index contributed by atoms with van der Waals surface area (Å²) in [5.41, 5.74) is 2.95. The van der Waals surface area contributed by atoms with Gasteiger partial charge in [-0.1, -0.05) is 30.3 Å². The minimum atomic E-state index is -0.0296. The molecule has 9 heteroatoms. The fraction of sp³-hybridized carbons (Fsp3) is 0.185. The van der Waals surface area contributed by atoms with Crippen molar-refractivity contribution in [2.75, 3.05) is 38.2 Å².